The number of hydrogen-bond donors (Lipinski definition) is 1. The molecule has 6 nitrogen and oxygen atoms in total. The lowest BCUT2D eigenvalue weighted by Gasteiger charge is -2.27. The van der Waals surface area contributed by atoms with Crippen molar-refractivity contribution in [1.29, 1.82) is 0 Å². The Balaban J connectivity index is 1.76. The minimum Gasteiger partial charge on any atom is -0.378 e. The van der Waals surface area contributed by atoms with Gasteiger partial charge >= 0.3 is 0 Å². The van der Waals surface area contributed by atoms with E-state index in [2.05, 4.69) is 10.5 Å². The lowest BCUT2D eigenvalue weighted by Crippen LogP contribution is -2.41. The van der Waals surface area contributed by atoms with Gasteiger partial charge in [0, 0.05) is 25.6 Å². The van der Waals surface area contributed by atoms with E-state index in [0.29, 0.717) is 31.9 Å². The van der Waals surface area contributed by atoms with Gasteiger partial charge in [-0.3, -0.25) is 4.79 Å². The Morgan fingerprint density at radius 1 is 1.42 bits per heavy atom. The number of nitrogens with zero attached hydrogens (tertiary/aromatic N) is 2. The molecule has 0 aromatic carbocycles. The molecule has 2 saturated heterocycles. The van der Waals surface area contributed by atoms with Crippen LogP contribution in [0.5, 0.6) is 0 Å². The van der Waals surface area contributed by atoms with Crippen LogP contribution in [0.2, 0.25) is 0 Å². The Morgan fingerprint density at radius 2 is 2.26 bits per heavy atom. The predicted octanol–water partition coefficient (Wildman–Crippen LogP) is 0.614. The van der Waals surface area contributed by atoms with E-state index in [1.165, 1.54) is 6.26 Å². The van der Waals surface area contributed by atoms with E-state index < -0.39 is 0 Å². The number of carbonyl (C=O) groups is 1. The zero-order chi connectivity index (χ0) is 13.1. The third kappa shape index (κ3) is 2.64. The highest BCUT2D eigenvalue weighted by Gasteiger charge is 2.28. The van der Waals surface area contributed by atoms with Crippen LogP contribution in [-0.4, -0.2) is 55.4 Å². The molecule has 0 bridgehead atoms. The van der Waals surface area contributed by atoms with Gasteiger partial charge in [-0.05, 0) is 19.4 Å². The molecular weight excluding hydrogens is 246 g/mol. The van der Waals surface area contributed by atoms with Crippen LogP contribution in [0.25, 0.3) is 0 Å². The van der Waals surface area contributed by atoms with Gasteiger partial charge in [0.2, 0.25) is 0 Å². The van der Waals surface area contributed by atoms with Crippen LogP contribution in [0.3, 0.4) is 0 Å². The molecule has 0 saturated carbocycles. The molecular formula is C13H19N3O3. The molecule has 1 aromatic heterocycles. The molecule has 3 rings (SSSR count). The number of amides is 1. The molecule has 1 amide bonds. The standard InChI is InChI=1S/C13H19N3O3/c17-13(16-4-6-18-7-5-16)11-9-19-15-12(11)10-2-1-3-14-8-10/h9-10,14H,1-8H2/t10-/m0/s1. The van der Waals surface area contributed by atoms with Gasteiger partial charge in [0.1, 0.15) is 17.5 Å². The summed E-state index contributed by atoms with van der Waals surface area (Å²) in [6.45, 7) is 4.42. The molecule has 2 aliphatic heterocycles. The summed E-state index contributed by atoms with van der Waals surface area (Å²) in [7, 11) is 0. The summed E-state index contributed by atoms with van der Waals surface area (Å²) < 4.78 is 10.3. The zero-order valence-electron chi connectivity index (χ0n) is 10.9. The Hall–Kier alpha value is -1.40. The Labute approximate surface area is 112 Å². The maximum absolute atomic E-state index is 12.5. The first-order valence-electron chi connectivity index (χ1n) is 6.88. The molecule has 0 radical (unpaired) electrons. The van der Waals surface area contributed by atoms with E-state index >= 15 is 0 Å². The van der Waals surface area contributed by atoms with E-state index in [1.54, 1.807) is 0 Å². The largest absolute Gasteiger partial charge is 0.378 e. The minimum atomic E-state index is 0.0186. The van der Waals surface area contributed by atoms with E-state index in [4.69, 9.17) is 9.26 Å². The summed E-state index contributed by atoms with van der Waals surface area (Å²) in [4.78, 5) is 14.3. The number of morpholine rings is 1. The Bertz CT molecular complexity index is 434. The molecule has 0 aliphatic carbocycles. The highest BCUT2D eigenvalue weighted by molar-refractivity contribution is 5.95. The van der Waals surface area contributed by atoms with E-state index in [-0.39, 0.29) is 11.8 Å². The lowest BCUT2D eigenvalue weighted by molar-refractivity contribution is 0.0301. The van der Waals surface area contributed by atoms with Crippen molar-refractivity contribution in [1.82, 2.24) is 15.4 Å². The fourth-order valence-corrected chi connectivity index (χ4v) is 2.72. The van der Waals surface area contributed by atoms with Crippen LogP contribution in [0.1, 0.15) is 34.8 Å². The molecule has 1 N–H and O–H groups in total. The number of carbonyl (C=O) groups excluding carboxylic acids is 1. The van der Waals surface area contributed by atoms with Crippen LogP contribution < -0.4 is 5.32 Å². The van der Waals surface area contributed by atoms with Crippen LogP contribution >= 0.6 is 0 Å². The number of rotatable bonds is 2. The average Bonchev–Trinajstić information content (AvgIpc) is 2.98. The molecule has 3 heterocycles. The lowest BCUT2D eigenvalue weighted by atomic mass is 9.93. The summed E-state index contributed by atoms with van der Waals surface area (Å²) in [5, 5.41) is 7.40. The van der Waals surface area contributed by atoms with Gasteiger partial charge in [-0.15, -0.1) is 0 Å². The molecule has 104 valence electrons. The quantitative estimate of drug-likeness (QED) is 0.848. The third-order valence-corrected chi connectivity index (χ3v) is 3.81. The number of nitrogens with one attached hydrogen (secondary N) is 1. The first-order chi connectivity index (χ1) is 9.36. The van der Waals surface area contributed by atoms with Crippen LogP contribution in [-0.2, 0) is 4.74 Å². The van der Waals surface area contributed by atoms with Gasteiger partial charge in [0.05, 0.1) is 13.2 Å². The molecule has 1 aromatic rings. The first kappa shape index (κ1) is 12.6. The third-order valence-electron chi connectivity index (χ3n) is 3.81. The normalized spacial score (nSPS) is 24.4. The molecule has 0 spiro atoms. The van der Waals surface area contributed by atoms with Crippen molar-refractivity contribution in [3.8, 4) is 0 Å². The van der Waals surface area contributed by atoms with Gasteiger partial charge in [0.15, 0.2) is 0 Å². The number of aromatic nitrogens is 1. The topological polar surface area (TPSA) is 67.6 Å². The fourth-order valence-electron chi connectivity index (χ4n) is 2.72. The zero-order valence-corrected chi connectivity index (χ0v) is 10.9. The van der Waals surface area contributed by atoms with Gasteiger partial charge < -0.3 is 19.5 Å². The van der Waals surface area contributed by atoms with Crippen molar-refractivity contribution in [2.75, 3.05) is 39.4 Å². The number of ether oxygens (including phenoxy) is 1. The van der Waals surface area contributed by atoms with Crippen molar-refractivity contribution in [2.45, 2.75) is 18.8 Å². The second-order valence-electron chi connectivity index (χ2n) is 5.06. The van der Waals surface area contributed by atoms with Crippen molar-refractivity contribution in [3.05, 3.63) is 17.5 Å². The van der Waals surface area contributed by atoms with E-state index in [1.807, 2.05) is 4.90 Å². The minimum absolute atomic E-state index is 0.0186. The summed E-state index contributed by atoms with van der Waals surface area (Å²) in [6, 6.07) is 0. The summed E-state index contributed by atoms with van der Waals surface area (Å²) >= 11 is 0. The van der Waals surface area contributed by atoms with Crippen molar-refractivity contribution in [3.63, 3.8) is 0 Å². The molecule has 2 fully saturated rings. The van der Waals surface area contributed by atoms with Gasteiger partial charge in [-0.2, -0.15) is 0 Å². The van der Waals surface area contributed by atoms with Crippen LogP contribution in [0.15, 0.2) is 10.8 Å². The summed E-state index contributed by atoms with van der Waals surface area (Å²) in [6.07, 6.45) is 3.66. The molecule has 0 unspecified atom stereocenters. The highest BCUT2D eigenvalue weighted by Crippen LogP contribution is 2.26. The van der Waals surface area contributed by atoms with Crippen LogP contribution in [0, 0.1) is 0 Å². The molecule has 6 heteroatoms. The van der Waals surface area contributed by atoms with Crippen molar-refractivity contribution >= 4 is 5.91 Å². The predicted molar refractivity (Wildman–Crippen MR) is 68.1 cm³/mol. The highest BCUT2D eigenvalue weighted by atomic mass is 16.5. The second kappa shape index (κ2) is 5.71. The summed E-state index contributed by atoms with van der Waals surface area (Å²) in [5.74, 6) is 0.303. The first-order valence-corrected chi connectivity index (χ1v) is 6.88. The molecule has 1 atom stereocenters. The van der Waals surface area contributed by atoms with Gasteiger partial charge in [-0.1, -0.05) is 5.16 Å². The van der Waals surface area contributed by atoms with Crippen molar-refractivity contribution in [2.24, 2.45) is 0 Å². The van der Waals surface area contributed by atoms with E-state index in [0.717, 1.165) is 31.6 Å². The average molecular weight is 265 g/mol. The summed E-state index contributed by atoms with van der Waals surface area (Å²) in [5.41, 5.74) is 1.43. The number of piperidine rings is 1. The molecule has 19 heavy (non-hydrogen) atoms. The smallest absolute Gasteiger partial charge is 0.259 e. The second-order valence-corrected chi connectivity index (χ2v) is 5.06. The van der Waals surface area contributed by atoms with Crippen molar-refractivity contribution < 1.29 is 14.1 Å². The fraction of sp³-hybridized carbons (Fsp3) is 0.692. The molecule has 2 aliphatic rings. The number of hydrogen-bond acceptors (Lipinski definition) is 5. The Morgan fingerprint density at radius 3 is 3.00 bits per heavy atom. The van der Waals surface area contributed by atoms with Crippen LogP contribution in [0.4, 0.5) is 0 Å². The monoisotopic (exact) mass is 265 g/mol. The Kier molecular flexibility index (Phi) is 3.79. The maximum Gasteiger partial charge on any atom is 0.259 e. The van der Waals surface area contributed by atoms with Gasteiger partial charge in [-0.25, -0.2) is 0 Å². The van der Waals surface area contributed by atoms with E-state index in [9.17, 15) is 4.79 Å². The van der Waals surface area contributed by atoms with Gasteiger partial charge in [0.25, 0.3) is 5.91 Å². The maximum atomic E-state index is 12.5. The SMILES string of the molecule is O=C(c1conc1[C@H]1CCCNC1)N1CCOCC1.